The van der Waals surface area contributed by atoms with Gasteiger partial charge in [-0.25, -0.2) is 0 Å². The molecule has 0 spiro atoms. The van der Waals surface area contributed by atoms with Crippen molar-refractivity contribution in [2.24, 2.45) is 12.0 Å². The lowest BCUT2D eigenvalue weighted by Crippen LogP contribution is -2.39. The van der Waals surface area contributed by atoms with Crippen LogP contribution in [0.3, 0.4) is 0 Å². The summed E-state index contributed by atoms with van der Waals surface area (Å²) in [7, 11) is 5.79. The molecular weight excluding hydrogens is 322 g/mol. The van der Waals surface area contributed by atoms with Crippen LogP contribution >= 0.6 is 11.6 Å². The average Bonchev–Trinajstić information content (AvgIpc) is 2.79. The maximum Gasteiger partial charge on any atom is 0.193 e. The number of benzene rings is 1. The third-order valence-electron chi connectivity index (χ3n) is 4.26. The minimum atomic E-state index is 0.713. The van der Waals surface area contributed by atoms with Crippen LogP contribution in [0.5, 0.6) is 0 Å². The first-order chi connectivity index (χ1) is 11.4. The van der Waals surface area contributed by atoms with E-state index in [1.165, 1.54) is 11.3 Å². The molecule has 0 radical (unpaired) electrons. The van der Waals surface area contributed by atoms with E-state index >= 15 is 0 Å². The second-order valence-corrected chi connectivity index (χ2v) is 6.35. The average molecular weight is 348 g/mol. The minimum Gasteiger partial charge on any atom is -0.356 e. The van der Waals surface area contributed by atoms with E-state index in [-0.39, 0.29) is 0 Å². The number of nitrogens with zero attached hydrogens (tertiary/aromatic N) is 4. The summed E-state index contributed by atoms with van der Waals surface area (Å²) in [6.07, 6.45) is 0.921. The van der Waals surface area contributed by atoms with Crippen LogP contribution in [0.15, 0.2) is 29.3 Å². The van der Waals surface area contributed by atoms with Gasteiger partial charge in [0.2, 0.25) is 0 Å². The monoisotopic (exact) mass is 347 g/mol. The van der Waals surface area contributed by atoms with E-state index in [0.717, 1.165) is 35.2 Å². The van der Waals surface area contributed by atoms with Gasteiger partial charge in [0.1, 0.15) is 0 Å². The van der Waals surface area contributed by atoms with Crippen molar-refractivity contribution in [3.63, 3.8) is 0 Å². The molecule has 0 aliphatic heterocycles. The van der Waals surface area contributed by atoms with Gasteiger partial charge in [-0.1, -0.05) is 29.8 Å². The minimum absolute atomic E-state index is 0.713. The molecule has 0 unspecified atom stereocenters. The molecule has 1 N–H and O–H groups in total. The van der Waals surface area contributed by atoms with Crippen molar-refractivity contribution < 1.29 is 0 Å². The van der Waals surface area contributed by atoms with Crippen LogP contribution < -0.4 is 5.32 Å². The van der Waals surface area contributed by atoms with Crippen molar-refractivity contribution in [2.45, 2.75) is 26.8 Å². The van der Waals surface area contributed by atoms with Gasteiger partial charge in [-0.15, -0.1) is 0 Å². The lowest BCUT2D eigenvalue weighted by atomic mass is 10.1. The number of aromatic nitrogens is 2. The third-order valence-corrected chi connectivity index (χ3v) is 4.62. The van der Waals surface area contributed by atoms with Crippen LogP contribution in [0.1, 0.15) is 22.5 Å². The van der Waals surface area contributed by atoms with Crippen LogP contribution in [-0.4, -0.2) is 41.3 Å². The lowest BCUT2D eigenvalue weighted by Gasteiger charge is -2.22. The predicted octanol–water partition coefficient (Wildman–Crippen LogP) is 2.94. The normalized spacial score (nSPS) is 11.7. The number of halogens is 1. The Labute approximate surface area is 149 Å². The fourth-order valence-corrected chi connectivity index (χ4v) is 3.02. The second kappa shape index (κ2) is 8.20. The van der Waals surface area contributed by atoms with Crippen molar-refractivity contribution in [1.82, 2.24) is 20.0 Å². The smallest absolute Gasteiger partial charge is 0.193 e. The number of hydrogen-bond donors (Lipinski definition) is 1. The Bertz CT molecular complexity index is 720. The summed E-state index contributed by atoms with van der Waals surface area (Å²) >= 11 is 6.24. The van der Waals surface area contributed by atoms with Gasteiger partial charge in [0.15, 0.2) is 5.96 Å². The van der Waals surface area contributed by atoms with E-state index in [4.69, 9.17) is 11.6 Å². The van der Waals surface area contributed by atoms with Crippen LogP contribution in [0.2, 0.25) is 5.02 Å². The van der Waals surface area contributed by atoms with E-state index < -0.39 is 0 Å². The zero-order chi connectivity index (χ0) is 17.7. The summed E-state index contributed by atoms with van der Waals surface area (Å²) in [5.74, 6) is 0.856. The lowest BCUT2D eigenvalue weighted by molar-refractivity contribution is 0.477. The largest absolute Gasteiger partial charge is 0.356 e. The molecule has 0 aliphatic carbocycles. The van der Waals surface area contributed by atoms with Gasteiger partial charge in [0.05, 0.1) is 5.69 Å². The fraction of sp³-hybridized carbons (Fsp3) is 0.444. The Morgan fingerprint density at radius 1 is 1.33 bits per heavy atom. The van der Waals surface area contributed by atoms with E-state index in [1.807, 2.05) is 43.0 Å². The Morgan fingerprint density at radius 2 is 2.04 bits per heavy atom. The van der Waals surface area contributed by atoms with Gasteiger partial charge < -0.3 is 10.2 Å². The topological polar surface area (TPSA) is 45.5 Å². The molecule has 0 aliphatic rings. The highest BCUT2D eigenvalue weighted by molar-refractivity contribution is 6.31. The molecule has 0 fully saturated rings. The van der Waals surface area contributed by atoms with Crippen LogP contribution in [0, 0.1) is 13.8 Å². The molecule has 1 heterocycles. The molecular formula is C18H26ClN5. The molecule has 24 heavy (non-hydrogen) atoms. The van der Waals surface area contributed by atoms with Gasteiger partial charge in [-0.2, -0.15) is 5.10 Å². The summed E-state index contributed by atoms with van der Waals surface area (Å²) in [4.78, 5) is 6.44. The van der Waals surface area contributed by atoms with Crippen LogP contribution in [-0.2, 0) is 20.0 Å². The highest BCUT2D eigenvalue weighted by atomic mass is 35.5. The molecule has 5 nitrogen and oxygen atoms in total. The number of hydrogen-bond acceptors (Lipinski definition) is 2. The first-order valence-electron chi connectivity index (χ1n) is 8.08. The quantitative estimate of drug-likeness (QED) is 0.668. The summed E-state index contributed by atoms with van der Waals surface area (Å²) < 4.78 is 1.93. The van der Waals surface area contributed by atoms with E-state index in [0.29, 0.717) is 6.54 Å². The molecule has 2 aromatic rings. The fourth-order valence-electron chi connectivity index (χ4n) is 2.82. The number of aryl methyl sites for hydroxylation is 2. The molecule has 130 valence electrons. The highest BCUT2D eigenvalue weighted by Crippen LogP contribution is 2.16. The summed E-state index contributed by atoms with van der Waals surface area (Å²) in [6, 6.07) is 7.89. The van der Waals surface area contributed by atoms with Gasteiger partial charge in [0.25, 0.3) is 0 Å². The summed E-state index contributed by atoms with van der Waals surface area (Å²) in [6.45, 7) is 5.69. The standard InChI is InChI=1S/C18H26ClN5/c1-13-16(14(2)24(5)22-13)10-11-21-18(20-3)23(4)12-15-8-6-7-9-17(15)19/h6-9H,10-12H2,1-5H3,(H,20,21). The Balaban J connectivity index is 1.93. The highest BCUT2D eigenvalue weighted by Gasteiger charge is 2.11. The van der Waals surface area contributed by atoms with Crippen LogP contribution in [0.25, 0.3) is 0 Å². The maximum atomic E-state index is 6.24. The number of aliphatic imine (C=N–C) groups is 1. The number of rotatable bonds is 5. The van der Waals surface area contributed by atoms with Crippen molar-refractivity contribution in [1.29, 1.82) is 0 Å². The maximum absolute atomic E-state index is 6.24. The molecule has 0 saturated carbocycles. The molecule has 0 saturated heterocycles. The van der Waals surface area contributed by atoms with Crippen LogP contribution in [0.4, 0.5) is 0 Å². The molecule has 0 bridgehead atoms. The predicted molar refractivity (Wildman–Crippen MR) is 101 cm³/mol. The molecule has 0 atom stereocenters. The van der Waals surface area contributed by atoms with Crippen molar-refractivity contribution >= 4 is 17.6 Å². The SMILES string of the molecule is CN=C(NCCc1c(C)nn(C)c1C)N(C)Cc1ccccc1Cl. The molecule has 6 heteroatoms. The Morgan fingerprint density at radius 3 is 2.62 bits per heavy atom. The number of nitrogens with one attached hydrogen (secondary N) is 1. The van der Waals surface area contributed by atoms with Gasteiger partial charge in [-0.3, -0.25) is 9.67 Å². The van der Waals surface area contributed by atoms with Gasteiger partial charge >= 0.3 is 0 Å². The zero-order valence-electron chi connectivity index (χ0n) is 15.1. The second-order valence-electron chi connectivity index (χ2n) is 5.94. The zero-order valence-corrected chi connectivity index (χ0v) is 15.9. The summed E-state index contributed by atoms with van der Waals surface area (Å²) in [5, 5.41) is 8.66. The van der Waals surface area contributed by atoms with E-state index in [1.54, 1.807) is 7.05 Å². The van der Waals surface area contributed by atoms with Crippen molar-refractivity contribution in [3.05, 3.63) is 51.8 Å². The molecule has 1 aromatic heterocycles. The first kappa shape index (κ1) is 18.3. The summed E-state index contributed by atoms with van der Waals surface area (Å²) in [5.41, 5.74) is 4.70. The van der Waals surface area contributed by atoms with Gasteiger partial charge in [0, 0.05) is 44.9 Å². The Hall–Kier alpha value is -2.01. The third kappa shape index (κ3) is 4.29. The van der Waals surface area contributed by atoms with E-state index in [2.05, 4.69) is 34.2 Å². The number of guanidine groups is 1. The Kier molecular flexibility index (Phi) is 6.26. The van der Waals surface area contributed by atoms with Crippen molar-refractivity contribution in [3.8, 4) is 0 Å². The first-order valence-corrected chi connectivity index (χ1v) is 8.46. The molecule has 1 aromatic carbocycles. The van der Waals surface area contributed by atoms with E-state index in [9.17, 15) is 0 Å². The molecule has 0 amide bonds. The molecule has 2 rings (SSSR count). The van der Waals surface area contributed by atoms with Crippen molar-refractivity contribution in [2.75, 3.05) is 20.6 Å². The van der Waals surface area contributed by atoms with Gasteiger partial charge in [-0.05, 0) is 37.5 Å².